The van der Waals surface area contributed by atoms with Crippen molar-refractivity contribution in [2.75, 3.05) is 5.73 Å². The molecule has 19 heavy (non-hydrogen) atoms. The third kappa shape index (κ3) is 3.35. The van der Waals surface area contributed by atoms with Gasteiger partial charge < -0.3 is 10.8 Å². The highest BCUT2D eigenvalue weighted by Gasteiger charge is 2.09. The molecule has 0 heterocycles. The summed E-state index contributed by atoms with van der Waals surface area (Å²) in [6.45, 7) is 0. The van der Waals surface area contributed by atoms with Gasteiger partial charge >= 0.3 is 5.97 Å². The van der Waals surface area contributed by atoms with Crippen LogP contribution >= 0.6 is 11.8 Å². The van der Waals surface area contributed by atoms with Crippen molar-refractivity contribution in [3.8, 4) is 0 Å². The molecule has 0 saturated heterocycles. The van der Waals surface area contributed by atoms with Gasteiger partial charge in [-0.05, 0) is 60.3 Å². The molecule has 2 aromatic rings. The summed E-state index contributed by atoms with van der Waals surface area (Å²) in [5.74, 6) is -0.985. The van der Waals surface area contributed by atoms with Gasteiger partial charge in [0.15, 0.2) is 0 Å². The smallest absolute Gasteiger partial charge is 0.335 e. The van der Waals surface area contributed by atoms with E-state index >= 15 is 0 Å². The van der Waals surface area contributed by atoms with Crippen LogP contribution in [-0.4, -0.2) is 16.2 Å². The molecule has 0 amide bonds. The van der Waals surface area contributed by atoms with Crippen LogP contribution in [0.3, 0.4) is 0 Å². The van der Waals surface area contributed by atoms with E-state index in [0.717, 1.165) is 11.8 Å². The summed E-state index contributed by atoms with van der Waals surface area (Å²) in [6.07, 6.45) is 0. The van der Waals surface area contributed by atoms with Gasteiger partial charge in [-0.15, -0.1) is 0 Å². The molecule has 2 rings (SSSR count). The zero-order chi connectivity index (χ0) is 13.8. The second-order valence-electron chi connectivity index (χ2n) is 3.84. The minimum atomic E-state index is -0.985. The average molecular weight is 273 g/mol. The minimum absolute atomic E-state index is 0.108. The Morgan fingerprint density at radius 3 is 1.95 bits per heavy atom. The minimum Gasteiger partial charge on any atom is -0.478 e. The summed E-state index contributed by atoms with van der Waals surface area (Å²) in [5.41, 5.74) is 6.91. The molecular formula is C14H11NO3S. The van der Waals surface area contributed by atoms with Gasteiger partial charge in [0.05, 0.1) is 5.56 Å². The van der Waals surface area contributed by atoms with Crippen LogP contribution in [-0.2, 0) is 0 Å². The fraction of sp³-hybridized carbons (Fsp3) is 0. The van der Waals surface area contributed by atoms with E-state index in [2.05, 4.69) is 0 Å². The van der Waals surface area contributed by atoms with Crippen molar-refractivity contribution in [2.24, 2.45) is 0 Å². The Kier molecular flexibility index (Phi) is 3.87. The zero-order valence-corrected chi connectivity index (χ0v) is 10.7. The van der Waals surface area contributed by atoms with Crippen LogP contribution < -0.4 is 5.73 Å². The number of hydrogen-bond acceptors (Lipinski definition) is 4. The van der Waals surface area contributed by atoms with Gasteiger partial charge in [-0.1, -0.05) is 0 Å². The molecule has 0 saturated carbocycles. The summed E-state index contributed by atoms with van der Waals surface area (Å²) in [6, 6.07) is 12.8. The van der Waals surface area contributed by atoms with Crippen molar-refractivity contribution < 1.29 is 14.7 Å². The van der Waals surface area contributed by atoms with Crippen molar-refractivity contribution in [3.63, 3.8) is 0 Å². The van der Waals surface area contributed by atoms with E-state index in [9.17, 15) is 9.59 Å². The van der Waals surface area contributed by atoms with Crippen LogP contribution in [0.1, 0.15) is 20.7 Å². The van der Waals surface area contributed by atoms with Crippen LogP contribution in [0.4, 0.5) is 5.69 Å². The van der Waals surface area contributed by atoms with Crippen molar-refractivity contribution in [3.05, 3.63) is 59.7 Å². The number of nitrogen functional groups attached to an aromatic ring is 1. The first-order valence-electron chi connectivity index (χ1n) is 5.47. The summed E-state index contributed by atoms with van der Waals surface area (Å²) < 4.78 is 0. The van der Waals surface area contributed by atoms with E-state index in [-0.39, 0.29) is 10.7 Å². The lowest BCUT2D eigenvalue weighted by Crippen LogP contribution is -1.96. The number of rotatable bonds is 3. The number of benzene rings is 2. The van der Waals surface area contributed by atoms with Gasteiger partial charge in [-0.3, -0.25) is 4.79 Å². The Labute approximate surface area is 114 Å². The van der Waals surface area contributed by atoms with E-state index in [1.54, 1.807) is 36.4 Å². The van der Waals surface area contributed by atoms with Gasteiger partial charge in [-0.25, -0.2) is 4.79 Å². The highest BCUT2D eigenvalue weighted by Crippen LogP contribution is 2.23. The van der Waals surface area contributed by atoms with Crippen molar-refractivity contribution >= 4 is 28.5 Å². The fourth-order valence-electron chi connectivity index (χ4n) is 1.45. The molecule has 0 aliphatic rings. The SMILES string of the molecule is Nc1ccc(C(=O)Sc2ccc(C(=O)O)cc2)cc1. The molecular weight excluding hydrogens is 262 g/mol. The Morgan fingerprint density at radius 2 is 1.42 bits per heavy atom. The Hall–Kier alpha value is -2.27. The van der Waals surface area contributed by atoms with Gasteiger partial charge in [-0.2, -0.15) is 0 Å². The third-order valence-electron chi connectivity index (χ3n) is 2.46. The Morgan fingerprint density at radius 1 is 0.895 bits per heavy atom. The second-order valence-corrected chi connectivity index (χ2v) is 4.89. The van der Waals surface area contributed by atoms with Gasteiger partial charge in [0.1, 0.15) is 0 Å². The molecule has 5 heteroatoms. The van der Waals surface area contributed by atoms with E-state index in [1.165, 1.54) is 12.1 Å². The summed E-state index contributed by atoms with van der Waals surface area (Å²) in [7, 11) is 0. The number of hydrogen-bond donors (Lipinski definition) is 2. The third-order valence-corrected chi connectivity index (χ3v) is 3.39. The zero-order valence-electron chi connectivity index (χ0n) is 9.87. The largest absolute Gasteiger partial charge is 0.478 e. The first-order chi connectivity index (χ1) is 9.06. The normalized spacial score (nSPS) is 10.1. The Balaban J connectivity index is 2.10. The first-order valence-corrected chi connectivity index (χ1v) is 6.29. The number of carbonyl (C=O) groups excluding carboxylic acids is 1. The quantitative estimate of drug-likeness (QED) is 0.664. The van der Waals surface area contributed by atoms with Gasteiger partial charge in [0.25, 0.3) is 0 Å². The molecule has 0 aliphatic heterocycles. The van der Waals surface area contributed by atoms with Crippen LogP contribution in [0.2, 0.25) is 0 Å². The van der Waals surface area contributed by atoms with Crippen molar-refractivity contribution in [1.29, 1.82) is 0 Å². The molecule has 0 bridgehead atoms. The van der Waals surface area contributed by atoms with Crippen LogP contribution in [0.5, 0.6) is 0 Å². The number of carboxylic acids is 1. The van der Waals surface area contributed by atoms with Gasteiger partial charge in [0.2, 0.25) is 5.12 Å². The predicted octanol–water partition coefficient (Wildman–Crippen LogP) is 2.90. The van der Waals surface area contributed by atoms with Gasteiger partial charge in [0, 0.05) is 16.1 Å². The standard InChI is InChI=1S/C14H11NO3S/c15-11-5-1-10(2-6-11)14(18)19-12-7-3-9(4-8-12)13(16)17/h1-8H,15H2,(H,16,17). The topological polar surface area (TPSA) is 80.4 Å². The molecule has 0 spiro atoms. The number of anilines is 1. The molecule has 0 aromatic heterocycles. The predicted molar refractivity (Wildman–Crippen MR) is 74.4 cm³/mol. The van der Waals surface area contributed by atoms with Crippen LogP contribution in [0.15, 0.2) is 53.4 Å². The highest BCUT2D eigenvalue weighted by atomic mass is 32.2. The molecule has 0 radical (unpaired) electrons. The highest BCUT2D eigenvalue weighted by molar-refractivity contribution is 8.14. The summed E-state index contributed by atoms with van der Waals surface area (Å²) in [4.78, 5) is 23.4. The fourth-order valence-corrected chi connectivity index (χ4v) is 2.19. The Bertz CT molecular complexity index is 606. The lowest BCUT2D eigenvalue weighted by Gasteiger charge is -2.02. The number of carboxylic acid groups (broad SMARTS) is 1. The maximum atomic E-state index is 12.0. The lowest BCUT2D eigenvalue weighted by atomic mass is 10.2. The molecule has 4 nitrogen and oxygen atoms in total. The van der Waals surface area contributed by atoms with E-state index < -0.39 is 5.97 Å². The van der Waals surface area contributed by atoms with Crippen molar-refractivity contribution in [1.82, 2.24) is 0 Å². The average Bonchev–Trinajstić information content (AvgIpc) is 2.40. The maximum absolute atomic E-state index is 12.0. The molecule has 3 N–H and O–H groups in total. The molecule has 0 unspecified atom stereocenters. The van der Waals surface area contributed by atoms with E-state index in [0.29, 0.717) is 16.1 Å². The summed E-state index contributed by atoms with van der Waals surface area (Å²) >= 11 is 1.05. The summed E-state index contributed by atoms with van der Waals surface area (Å²) in [5, 5.41) is 8.67. The van der Waals surface area contributed by atoms with E-state index in [1.807, 2.05) is 0 Å². The van der Waals surface area contributed by atoms with Crippen molar-refractivity contribution in [2.45, 2.75) is 4.90 Å². The molecule has 2 aromatic carbocycles. The first kappa shape index (κ1) is 13.2. The van der Waals surface area contributed by atoms with E-state index in [4.69, 9.17) is 10.8 Å². The molecule has 0 fully saturated rings. The molecule has 0 atom stereocenters. The number of carbonyl (C=O) groups is 2. The number of thioether (sulfide) groups is 1. The molecule has 0 aliphatic carbocycles. The van der Waals surface area contributed by atoms with Crippen LogP contribution in [0, 0.1) is 0 Å². The monoisotopic (exact) mass is 273 g/mol. The maximum Gasteiger partial charge on any atom is 0.335 e. The second kappa shape index (κ2) is 5.58. The molecule has 96 valence electrons. The number of nitrogens with two attached hydrogens (primary N) is 1. The lowest BCUT2D eigenvalue weighted by molar-refractivity contribution is 0.0696. The van der Waals surface area contributed by atoms with Crippen LogP contribution in [0.25, 0.3) is 0 Å². The number of aromatic carboxylic acids is 1.